The lowest BCUT2D eigenvalue weighted by atomic mass is 10.1. The number of nitrogens with zero attached hydrogens (tertiary/aromatic N) is 4. The van der Waals surface area contributed by atoms with Gasteiger partial charge in [0.2, 0.25) is 0 Å². The highest BCUT2D eigenvalue weighted by Crippen LogP contribution is 2.26. The molecule has 2 heterocycles. The van der Waals surface area contributed by atoms with Crippen LogP contribution in [0.2, 0.25) is 0 Å². The molecule has 1 aliphatic rings. The van der Waals surface area contributed by atoms with Gasteiger partial charge in [0, 0.05) is 50.0 Å². The van der Waals surface area contributed by atoms with Crippen molar-refractivity contribution < 1.29 is 0 Å². The SMILES string of the molecule is Cc1cccc(CN2CCN(c3cccc4ncncc34)CC2)c1. The molecule has 122 valence electrons. The van der Waals surface area contributed by atoms with Crippen LogP contribution < -0.4 is 4.90 Å². The first-order chi connectivity index (χ1) is 11.8. The number of aryl methyl sites for hydroxylation is 1. The summed E-state index contributed by atoms with van der Waals surface area (Å²) in [5.74, 6) is 0. The van der Waals surface area contributed by atoms with Gasteiger partial charge in [0.25, 0.3) is 0 Å². The van der Waals surface area contributed by atoms with Crippen molar-refractivity contribution in [1.29, 1.82) is 0 Å². The molecule has 0 unspecified atom stereocenters. The van der Waals surface area contributed by atoms with Crippen molar-refractivity contribution in [2.45, 2.75) is 13.5 Å². The predicted octanol–water partition coefficient (Wildman–Crippen LogP) is 3.26. The van der Waals surface area contributed by atoms with Gasteiger partial charge >= 0.3 is 0 Å². The van der Waals surface area contributed by atoms with Gasteiger partial charge in [-0.2, -0.15) is 0 Å². The van der Waals surface area contributed by atoms with E-state index in [2.05, 4.69) is 69.2 Å². The van der Waals surface area contributed by atoms with Crippen molar-refractivity contribution in [3.8, 4) is 0 Å². The Labute approximate surface area is 142 Å². The van der Waals surface area contributed by atoms with E-state index in [1.807, 2.05) is 6.20 Å². The maximum atomic E-state index is 4.37. The molecule has 0 bridgehead atoms. The summed E-state index contributed by atoms with van der Waals surface area (Å²) in [5, 5.41) is 1.15. The fraction of sp³-hybridized carbons (Fsp3) is 0.300. The van der Waals surface area contributed by atoms with E-state index in [0.29, 0.717) is 0 Å². The van der Waals surface area contributed by atoms with Crippen LogP contribution in [0.1, 0.15) is 11.1 Å². The fourth-order valence-corrected chi connectivity index (χ4v) is 3.48. The monoisotopic (exact) mass is 318 g/mol. The second-order valence-corrected chi connectivity index (χ2v) is 6.48. The molecule has 0 amide bonds. The van der Waals surface area contributed by atoms with Gasteiger partial charge in [-0.05, 0) is 24.6 Å². The molecule has 1 fully saturated rings. The summed E-state index contributed by atoms with van der Waals surface area (Å²) in [5.41, 5.74) is 5.01. The summed E-state index contributed by atoms with van der Waals surface area (Å²) in [6.07, 6.45) is 3.54. The van der Waals surface area contributed by atoms with E-state index in [-0.39, 0.29) is 0 Å². The van der Waals surface area contributed by atoms with Gasteiger partial charge < -0.3 is 4.90 Å². The van der Waals surface area contributed by atoms with Crippen LogP contribution in [-0.2, 0) is 6.54 Å². The molecule has 1 aromatic heterocycles. The van der Waals surface area contributed by atoms with Gasteiger partial charge in [-0.1, -0.05) is 35.9 Å². The van der Waals surface area contributed by atoms with Gasteiger partial charge in [0.1, 0.15) is 6.33 Å². The molecule has 4 heteroatoms. The van der Waals surface area contributed by atoms with E-state index in [9.17, 15) is 0 Å². The van der Waals surface area contributed by atoms with Crippen LogP contribution in [0.5, 0.6) is 0 Å². The molecule has 0 saturated carbocycles. The lowest BCUT2D eigenvalue weighted by Crippen LogP contribution is -2.46. The number of benzene rings is 2. The molecule has 0 radical (unpaired) electrons. The van der Waals surface area contributed by atoms with Crippen molar-refractivity contribution in [2.75, 3.05) is 31.1 Å². The average molecular weight is 318 g/mol. The van der Waals surface area contributed by atoms with Crippen LogP contribution in [0.25, 0.3) is 10.9 Å². The maximum absolute atomic E-state index is 4.37. The number of hydrogen-bond acceptors (Lipinski definition) is 4. The average Bonchev–Trinajstić information content (AvgIpc) is 2.62. The third-order valence-electron chi connectivity index (χ3n) is 4.73. The van der Waals surface area contributed by atoms with Gasteiger partial charge in [0.05, 0.1) is 5.52 Å². The summed E-state index contributed by atoms with van der Waals surface area (Å²) in [4.78, 5) is 13.6. The van der Waals surface area contributed by atoms with Crippen molar-refractivity contribution in [2.24, 2.45) is 0 Å². The second-order valence-electron chi connectivity index (χ2n) is 6.48. The lowest BCUT2D eigenvalue weighted by Gasteiger charge is -2.36. The molecule has 1 saturated heterocycles. The van der Waals surface area contributed by atoms with Gasteiger partial charge in [-0.15, -0.1) is 0 Å². The van der Waals surface area contributed by atoms with Gasteiger partial charge in [-0.3, -0.25) is 4.90 Å². The predicted molar refractivity (Wildman–Crippen MR) is 98.2 cm³/mol. The Bertz CT molecular complexity index is 832. The Balaban J connectivity index is 1.46. The van der Waals surface area contributed by atoms with Crippen molar-refractivity contribution >= 4 is 16.6 Å². The first-order valence-corrected chi connectivity index (χ1v) is 8.51. The minimum atomic E-state index is 1.02. The molecule has 3 aromatic rings. The molecule has 4 nitrogen and oxygen atoms in total. The molecular formula is C20H22N4. The molecule has 2 aromatic carbocycles. The molecule has 0 spiro atoms. The number of aromatic nitrogens is 2. The summed E-state index contributed by atoms with van der Waals surface area (Å²) in [7, 11) is 0. The third-order valence-corrected chi connectivity index (χ3v) is 4.73. The smallest absolute Gasteiger partial charge is 0.116 e. The fourth-order valence-electron chi connectivity index (χ4n) is 3.48. The second kappa shape index (κ2) is 6.57. The van der Waals surface area contributed by atoms with Crippen LogP contribution in [-0.4, -0.2) is 41.0 Å². The zero-order valence-corrected chi connectivity index (χ0v) is 14.0. The zero-order valence-electron chi connectivity index (χ0n) is 14.0. The van der Waals surface area contributed by atoms with E-state index in [0.717, 1.165) is 43.6 Å². The Kier molecular flexibility index (Phi) is 4.13. The quantitative estimate of drug-likeness (QED) is 0.742. The number of piperazine rings is 1. The minimum absolute atomic E-state index is 1.02. The summed E-state index contributed by atoms with van der Waals surface area (Å²) >= 11 is 0. The van der Waals surface area contributed by atoms with Crippen molar-refractivity contribution in [3.63, 3.8) is 0 Å². The first kappa shape index (κ1) is 15.1. The standard InChI is InChI=1S/C20H22N4/c1-16-4-2-5-17(12-16)14-23-8-10-24(11-9-23)20-7-3-6-19-18(20)13-21-15-22-19/h2-7,12-13,15H,8-11,14H2,1H3. The maximum Gasteiger partial charge on any atom is 0.116 e. The van der Waals surface area contributed by atoms with E-state index >= 15 is 0 Å². The van der Waals surface area contributed by atoms with Crippen molar-refractivity contribution in [1.82, 2.24) is 14.9 Å². The molecule has 0 atom stereocenters. The zero-order chi connectivity index (χ0) is 16.4. The van der Waals surface area contributed by atoms with Crippen LogP contribution in [0.3, 0.4) is 0 Å². The van der Waals surface area contributed by atoms with Crippen LogP contribution in [0.4, 0.5) is 5.69 Å². The normalized spacial score (nSPS) is 15.8. The van der Waals surface area contributed by atoms with Gasteiger partial charge in [0.15, 0.2) is 0 Å². The highest BCUT2D eigenvalue weighted by Gasteiger charge is 2.19. The Morgan fingerprint density at radius 1 is 1.00 bits per heavy atom. The van der Waals surface area contributed by atoms with E-state index in [1.165, 1.54) is 16.8 Å². The highest BCUT2D eigenvalue weighted by atomic mass is 15.3. The summed E-state index contributed by atoms with van der Waals surface area (Å²) in [6.45, 7) is 7.44. The number of hydrogen-bond donors (Lipinski definition) is 0. The molecule has 0 N–H and O–H groups in total. The molecular weight excluding hydrogens is 296 g/mol. The Hall–Kier alpha value is -2.46. The Morgan fingerprint density at radius 3 is 2.67 bits per heavy atom. The number of rotatable bonds is 3. The number of anilines is 1. The van der Waals surface area contributed by atoms with E-state index in [4.69, 9.17) is 0 Å². The van der Waals surface area contributed by atoms with E-state index in [1.54, 1.807) is 6.33 Å². The lowest BCUT2D eigenvalue weighted by molar-refractivity contribution is 0.250. The largest absolute Gasteiger partial charge is 0.368 e. The molecule has 4 rings (SSSR count). The highest BCUT2D eigenvalue weighted by molar-refractivity contribution is 5.91. The van der Waals surface area contributed by atoms with Crippen molar-refractivity contribution in [3.05, 3.63) is 66.1 Å². The number of fused-ring (bicyclic) bond motifs is 1. The topological polar surface area (TPSA) is 32.3 Å². The summed E-state index contributed by atoms with van der Waals surface area (Å²) < 4.78 is 0. The van der Waals surface area contributed by atoms with Gasteiger partial charge in [-0.25, -0.2) is 9.97 Å². The third kappa shape index (κ3) is 3.10. The van der Waals surface area contributed by atoms with Crippen LogP contribution in [0.15, 0.2) is 55.0 Å². The minimum Gasteiger partial charge on any atom is -0.368 e. The summed E-state index contributed by atoms with van der Waals surface area (Å²) in [6, 6.07) is 15.1. The molecule has 0 aliphatic carbocycles. The molecule has 24 heavy (non-hydrogen) atoms. The van der Waals surface area contributed by atoms with Crippen LogP contribution in [0, 0.1) is 6.92 Å². The van der Waals surface area contributed by atoms with Crippen LogP contribution >= 0.6 is 0 Å². The first-order valence-electron chi connectivity index (χ1n) is 8.51. The van der Waals surface area contributed by atoms with E-state index < -0.39 is 0 Å². The Morgan fingerprint density at radius 2 is 1.83 bits per heavy atom. The molecule has 1 aliphatic heterocycles.